The number of morpholine rings is 1. The molecule has 1 saturated heterocycles. The van der Waals surface area contributed by atoms with E-state index in [1.165, 1.54) is 0 Å². The van der Waals surface area contributed by atoms with E-state index in [1.54, 1.807) is 0 Å². The van der Waals surface area contributed by atoms with E-state index >= 15 is 0 Å². The second-order valence-electron chi connectivity index (χ2n) is 4.42. The van der Waals surface area contributed by atoms with Crippen LogP contribution < -0.4 is 16.3 Å². The Morgan fingerprint density at radius 2 is 2.22 bits per heavy atom. The Bertz CT molecular complexity index is 583. The average molecular weight is 248 g/mol. The molecule has 1 aliphatic heterocycles. The van der Waals surface area contributed by atoms with Crippen molar-refractivity contribution in [3.8, 4) is 0 Å². The lowest BCUT2D eigenvalue weighted by Crippen LogP contribution is -2.42. The molecule has 1 atom stereocenters. The van der Waals surface area contributed by atoms with Gasteiger partial charge in [0, 0.05) is 25.3 Å². The van der Waals surface area contributed by atoms with Crippen LogP contribution in [-0.4, -0.2) is 42.3 Å². The van der Waals surface area contributed by atoms with Crippen LogP contribution in [0.4, 0.5) is 5.69 Å². The number of aromatic nitrogens is 2. The largest absolute Gasteiger partial charge is 0.382 e. The smallest absolute Gasteiger partial charge is 0.323 e. The lowest BCUT2D eigenvalue weighted by atomic mass is 10.2. The standard InChI is InChI=1S/C12H16N4O2/c17-12-15-10-2-1-8(5-11(10)16-12)14-7-9-6-13-3-4-18-9/h1-2,5,9,13-14H,3-4,6-7H2,(H2,15,16,17). The van der Waals surface area contributed by atoms with Crippen LogP contribution in [0.15, 0.2) is 23.0 Å². The van der Waals surface area contributed by atoms with Crippen LogP contribution in [-0.2, 0) is 4.74 Å². The predicted octanol–water partition coefficient (Wildman–Crippen LogP) is 0.257. The number of anilines is 1. The Hall–Kier alpha value is -1.79. The Morgan fingerprint density at radius 1 is 1.33 bits per heavy atom. The Labute approximate surface area is 104 Å². The van der Waals surface area contributed by atoms with Gasteiger partial charge in [-0.15, -0.1) is 0 Å². The Kier molecular flexibility index (Phi) is 3.04. The number of imidazole rings is 1. The van der Waals surface area contributed by atoms with E-state index in [1.807, 2.05) is 18.2 Å². The van der Waals surface area contributed by atoms with Gasteiger partial charge >= 0.3 is 5.69 Å². The fraction of sp³-hybridized carbons (Fsp3) is 0.417. The maximum atomic E-state index is 11.1. The zero-order valence-electron chi connectivity index (χ0n) is 9.95. The van der Waals surface area contributed by atoms with Gasteiger partial charge in [0.15, 0.2) is 0 Å². The lowest BCUT2D eigenvalue weighted by molar-refractivity contribution is 0.0372. The van der Waals surface area contributed by atoms with Crippen molar-refractivity contribution in [2.24, 2.45) is 0 Å². The van der Waals surface area contributed by atoms with E-state index in [-0.39, 0.29) is 11.8 Å². The SMILES string of the molecule is O=c1[nH]c2ccc(NCC3CNCCO3)cc2[nH]1. The van der Waals surface area contributed by atoms with Gasteiger partial charge in [-0.3, -0.25) is 0 Å². The lowest BCUT2D eigenvalue weighted by Gasteiger charge is -2.24. The molecule has 3 rings (SSSR count). The molecule has 1 unspecified atom stereocenters. The molecule has 2 heterocycles. The summed E-state index contributed by atoms with van der Waals surface area (Å²) in [6.45, 7) is 3.31. The van der Waals surface area contributed by atoms with Crippen LogP contribution >= 0.6 is 0 Å². The van der Waals surface area contributed by atoms with Gasteiger partial charge in [0.25, 0.3) is 0 Å². The topological polar surface area (TPSA) is 81.9 Å². The van der Waals surface area contributed by atoms with Crippen molar-refractivity contribution in [2.75, 3.05) is 31.6 Å². The van der Waals surface area contributed by atoms with Crippen molar-refractivity contribution in [2.45, 2.75) is 6.10 Å². The molecule has 0 saturated carbocycles. The van der Waals surface area contributed by atoms with Crippen molar-refractivity contribution < 1.29 is 4.74 Å². The van der Waals surface area contributed by atoms with Crippen molar-refractivity contribution >= 4 is 16.7 Å². The predicted molar refractivity (Wildman–Crippen MR) is 70.0 cm³/mol. The molecular formula is C12H16N4O2. The molecule has 2 aromatic rings. The molecule has 1 aromatic carbocycles. The zero-order chi connectivity index (χ0) is 12.4. The van der Waals surface area contributed by atoms with Gasteiger partial charge in [-0.25, -0.2) is 4.79 Å². The van der Waals surface area contributed by atoms with E-state index < -0.39 is 0 Å². The Balaban J connectivity index is 1.68. The van der Waals surface area contributed by atoms with Crippen LogP contribution in [0.2, 0.25) is 0 Å². The summed E-state index contributed by atoms with van der Waals surface area (Å²) in [5, 5.41) is 6.60. The highest BCUT2D eigenvalue weighted by atomic mass is 16.5. The van der Waals surface area contributed by atoms with E-state index in [2.05, 4.69) is 20.6 Å². The van der Waals surface area contributed by atoms with Gasteiger partial charge in [-0.05, 0) is 18.2 Å². The van der Waals surface area contributed by atoms with Crippen LogP contribution in [0, 0.1) is 0 Å². The minimum absolute atomic E-state index is 0.179. The van der Waals surface area contributed by atoms with Gasteiger partial charge < -0.3 is 25.3 Å². The first kappa shape index (κ1) is 11.3. The third-order valence-corrected chi connectivity index (χ3v) is 3.05. The molecule has 18 heavy (non-hydrogen) atoms. The van der Waals surface area contributed by atoms with Gasteiger partial charge in [0.2, 0.25) is 0 Å². The van der Waals surface area contributed by atoms with Crippen LogP contribution in [0.5, 0.6) is 0 Å². The summed E-state index contributed by atoms with van der Waals surface area (Å²) in [6.07, 6.45) is 0.194. The molecular weight excluding hydrogens is 232 g/mol. The zero-order valence-corrected chi connectivity index (χ0v) is 9.95. The molecule has 1 aliphatic rings. The number of ether oxygens (including phenoxy) is 1. The normalized spacial score (nSPS) is 20.1. The summed E-state index contributed by atoms with van der Waals surface area (Å²) in [7, 11) is 0. The van der Waals surface area contributed by atoms with Crippen LogP contribution in [0.1, 0.15) is 0 Å². The molecule has 6 heteroatoms. The highest BCUT2D eigenvalue weighted by Gasteiger charge is 2.12. The number of rotatable bonds is 3. The van der Waals surface area contributed by atoms with Crippen molar-refractivity contribution in [1.29, 1.82) is 0 Å². The molecule has 0 radical (unpaired) electrons. The van der Waals surface area contributed by atoms with E-state index in [0.29, 0.717) is 0 Å². The summed E-state index contributed by atoms with van der Waals surface area (Å²) < 4.78 is 5.60. The fourth-order valence-electron chi connectivity index (χ4n) is 2.13. The first-order valence-corrected chi connectivity index (χ1v) is 6.09. The first-order valence-electron chi connectivity index (χ1n) is 6.09. The molecule has 0 aliphatic carbocycles. The number of fused-ring (bicyclic) bond motifs is 1. The van der Waals surface area contributed by atoms with Gasteiger partial charge in [-0.1, -0.05) is 0 Å². The molecule has 1 fully saturated rings. The van der Waals surface area contributed by atoms with Crippen LogP contribution in [0.25, 0.3) is 11.0 Å². The summed E-state index contributed by atoms with van der Waals surface area (Å²) in [5.74, 6) is 0. The van der Waals surface area contributed by atoms with Crippen LogP contribution in [0.3, 0.4) is 0 Å². The number of nitrogens with one attached hydrogen (secondary N) is 4. The van der Waals surface area contributed by atoms with Gasteiger partial charge in [-0.2, -0.15) is 0 Å². The van der Waals surface area contributed by atoms with Gasteiger partial charge in [0.1, 0.15) is 0 Å². The summed E-state index contributed by atoms with van der Waals surface area (Å²) in [4.78, 5) is 16.6. The van der Waals surface area contributed by atoms with E-state index in [4.69, 9.17) is 4.74 Å². The van der Waals surface area contributed by atoms with E-state index in [9.17, 15) is 4.79 Å². The van der Waals surface area contributed by atoms with Crippen molar-refractivity contribution in [3.63, 3.8) is 0 Å². The summed E-state index contributed by atoms with van der Waals surface area (Å²) >= 11 is 0. The second kappa shape index (κ2) is 4.83. The highest BCUT2D eigenvalue weighted by molar-refractivity contribution is 5.78. The molecule has 4 N–H and O–H groups in total. The molecule has 6 nitrogen and oxygen atoms in total. The number of aromatic amines is 2. The number of hydrogen-bond donors (Lipinski definition) is 4. The second-order valence-corrected chi connectivity index (χ2v) is 4.42. The number of H-pyrrole nitrogens is 2. The molecule has 0 bridgehead atoms. The molecule has 0 amide bonds. The average Bonchev–Trinajstić information content (AvgIpc) is 2.77. The molecule has 1 aromatic heterocycles. The maximum absolute atomic E-state index is 11.1. The molecule has 96 valence electrons. The third-order valence-electron chi connectivity index (χ3n) is 3.05. The minimum Gasteiger partial charge on any atom is -0.382 e. The van der Waals surface area contributed by atoms with Crippen molar-refractivity contribution in [1.82, 2.24) is 15.3 Å². The quantitative estimate of drug-likeness (QED) is 0.628. The monoisotopic (exact) mass is 248 g/mol. The number of hydrogen-bond acceptors (Lipinski definition) is 4. The first-order chi connectivity index (χ1) is 8.81. The summed E-state index contributed by atoms with van der Waals surface area (Å²) in [6, 6.07) is 5.75. The van der Waals surface area contributed by atoms with Crippen molar-refractivity contribution in [3.05, 3.63) is 28.7 Å². The van der Waals surface area contributed by atoms with Gasteiger partial charge in [0.05, 0.1) is 23.7 Å². The fourth-order valence-corrected chi connectivity index (χ4v) is 2.13. The maximum Gasteiger partial charge on any atom is 0.323 e. The Morgan fingerprint density at radius 3 is 3.06 bits per heavy atom. The highest BCUT2D eigenvalue weighted by Crippen LogP contribution is 2.14. The summed E-state index contributed by atoms with van der Waals surface area (Å²) in [5.41, 5.74) is 2.43. The molecule has 0 spiro atoms. The number of benzene rings is 1. The third kappa shape index (κ3) is 2.39. The minimum atomic E-state index is -0.179. The van der Waals surface area contributed by atoms with E-state index in [0.717, 1.165) is 43.0 Å².